The number of hydrogen-bond donors (Lipinski definition) is 2. The molecule has 0 unspecified atom stereocenters. The van der Waals surface area contributed by atoms with E-state index in [1.165, 1.54) is 0 Å². The number of carboxylic acids is 1. The van der Waals surface area contributed by atoms with Crippen molar-refractivity contribution >= 4 is 12.0 Å². The quantitative estimate of drug-likeness (QED) is 0.836. The van der Waals surface area contributed by atoms with E-state index in [2.05, 4.69) is 19.2 Å². The van der Waals surface area contributed by atoms with Crippen LogP contribution < -0.4 is 5.32 Å². The lowest BCUT2D eigenvalue weighted by Crippen LogP contribution is -2.57. The van der Waals surface area contributed by atoms with Crippen molar-refractivity contribution in [2.75, 3.05) is 6.54 Å². The number of aliphatic carboxylic acids is 1. The molecule has 1 saturated heterocycles. The molecule has 114 valence electrons. The topological polar surface area (TPSA) is 69.6 Å². The molecule has 0 bridgehead atoms. The SMILES string of the molecule is CC1(C)CCCN1C(=O)NC1(CC(=O)O)CCCCC1. The van der Waals surface area contributed by atoms with Crippen LogP contribution >= 0.6 is 0 Å². The first-order valence-electron chi connectivity index (χ1n) is 7.66. The molecule has 0 radical (unpaired) electrons. The minimum Gasteiger partial charge on any atom is -0.481 e. The van der Waals surface area contributed by atoms with E-state index in [-0.39, 0.29) is 18.0 Å². The number of nitrogens with zero attached hydrogens (tertiary/aromatic N) is 1. The zero-order valence-corrected chi connectivity index (χ0v) is 12.6. The van der Waals surface area contributed by atoms with Crippen molar-refractivity contribution in [3.8, 4) is 0 Å². The maximum Gasteiger partial charge on any atom is 0.318 e. The van der Waals surface area contributed by atoms with E-state index in [0.29, 0.717) is 0 Å². The van der Waals surface area contributed by atoms with Crippen molar-refractivity contribution in [3.63, 3.8) is 0 Å². The van der Waals surface area contributed by atoms with Crippen LogP contribution in [0.3, 0.4) is 0 Å². The molecule has 2 fully saturated rings. The molecule has 1 saturated carbocycles. The van der Waals surface area contributed by atoms with E-state index in [1.807, 2.05) is 4.90 Å². The second-order valence-electron chi connectivity index (χ2n) is 6.91. The van der Waals surface area contributed by atoms with Gasteiger partial charge in [0.1, 0.15) is 0 Å². The highest BCUT2D eigenvalue weighted by Crippen LogP contribution is 2.33. The van der Waals surface area contributed by atoms with Gasteiger partial charge in [-0.1, -0.05) is 19.3 Å². The first-order valence-corrected chi connectivity index (χ1v) is 7.66. The van der Waals surface area contributed by atoms with E-state index in [9.17, 15) is 9.59 Å². The van der Waals surface area contributed by atoms with Gasteiger partial charge in [0, 0.05) is 12.1 Å². The van der Waals surface area contributed by atoms with Crippen LogP contribution in [-0.4, -0.2) is 39.6 Å². The van der Waals surface area contributed by atoms with Crippen LogP contribution in [0.25, 0.3) is 0 Å². The van der Waals surface area contributed by atoms with Gasteiger partial charge in [0.2, 0.25) is 0 Å². The zero-order valence-electron chi connectivity index (χ0n) is 12.6. The Labute approximate surface area is 120 Å². The van der Waals surface area contributed by atoms with Crippen LogP contribution in [-0.2, 0) is 4.79 Å². The van der Waals surface area contributed by atoms with Crippen molar-refractivity contribution in [3.05, 3.63) is 0 Å². The van der Waals surface area contributed by atoms with Crippen LogP contribution in [0.1, 0.15) is 65.2 Å². The van der Waals surface area contributed by atoms with Gasteiger partial charge >= 0.3 is 12.0 Å². The molecule has 5 heteroatoms. The van der Waals surface area contributed by atoms with Gasteiger partial charge in [-0.25, -0.2) is 4.79 Å². The van der Waals surface area contributed by atoms with Gasteiger partial charge in [-0.15, -0.1) is 0 Å². The third-order valence-electron chi connectivity index (χ3n) is 4.82. The van der Waals surface area contributed by atoms with Crippen LogP contribution in [0.5, 0.6) is 0 Å². The summed E-state index contributed by atoms with van der Waals surface area (Å²) in [5, 5.41) is 12.2. The summed E-state index contributed by atoms with van der Waals surface area (Å²) < 4.78 is 0. The average molecular weight is 282 g/mol. The molecular weight excluding hydrogens is 256 g/mol. The summed E-state index contributed by atoms with van der Waals surface area (Å²) in [6, 6.07) is -0.0874. The van der Waals surface area contributed by atoms with Gasteiger partial charge in [0.05, 0.1) is 12.0 Å². The fourth-order valence-corrected chi connectivity index (χ4v) is 3.64. The van der Waals surface area contributed by atoms with Crippen molar-refractivity contribution < 1.29 is 14.7 Å². The molecule has 1 aliphatic heterocycles. The Balaban J connectivity index is 2.07. The summed E-state index contributed by atoms with van der Waals surface area (Å²) in [6.45, 7) is 4.91. The first kappa shape index (κ1) is 15.1. The molecular formula is C15H26N2O3. The predicted octanol–water partition coefficient (Wildman–Crippen LogP) is 2.75. The highest BCUT2D eigenvalue weighted by Gasteiger charge is 2.41. The predicted molar refractivity (Wildman–Crippen MR) is 76.6 cm³/mol. The summed E-state index contributed by atoms with van der Waals surface area (Å²) in [6.07, 6.45) is 6.74. The van der Waals surface area contributed by atoms with E-state index in [4.69, 9.17) is 5.11 Å². The fourth-order valence-electron chi connectivity index (χ4n) is 3.64. The molecule has 0 atom stereocenters. The summed E-state index contributed by atoms with van der Waals surface area (Å²) in [5.41, 5.74) is -0.664. The van der Waals surface area contributed by atoms with E-state index >= 15 is 0 Å². The van der Waals surface area contributed by atoms with Gasteiger partial charge in [0.25, 0.3) is 0 Å². The van der Waals surface area contributed by atoms with Gasteiger partial charge in [-0.3, -0.25) is 4.79 Å². The lowest BCUT2D eigenvalue weighted by atomic mass is 9.79. The second-order valence-corrected chi connectivity index (χ2v) is 6.91. The standard InChI is InChI=1S/C15H26N2O3/c1-14(2)7-6-10-17(14)13(20)16-15(11-12(18)19)8-4-3-5-9-15/h3-11H2,1-2H3,(H,16,20)(H,18,19). The smallest absolute Gasteiger partial charge is 0.318 e. The van der Waals surface area contributed by atoms with Gasteiger partial charge in [-0.2, -0.15) is 0 Å². The van der Waals surface area contributed by atoms with Crippen molar-refractivity contribution in [2.24, 2.45) is 0 Å². The zero-order chi connectivity index (χ0) is 14.8. The van der Waals surface area contributed by atoms with Crippen molar-refractivity contribution in [1.82, 2.24) is 10.2 Å². The second kappa shape index (κ2) is 5.62. The Kier molecular flexibility index (Phi) is 4.25. The number of carboxylic acid groups (broad SMARTS) is 1. The Bertz CT molecular complexity index is 387. The molecule has 1 aliphatic carbocycles. The number of hydrogen-bond acceptors (Lipinski definition) is 2. The molecule has 0 aromatic heterocycles. The number of urea groups is 1. The highest BCUT2D eigenvalue weighted by molar-refractivity contribution is 5.78. The Morgan fingerprint density at radius 2 is 1.75 bits per heavy atom. The molecule has 2 rings (SSSR count). The molecule has 2 amide bonds. The van der Waals surface area contributed by atoms with Crippen molar-refractivity contribution in [1.29, 1.82) is 0 Å². The fraction of sp³-hybridized carbons (Fsp3) is 0.867. The number of carbonyl (C=O) groups is 2. The molecule has 20 heavy (non-hydrogen) atoms. The van der Waals surface area contributed by atoms with Crippen molar-refractivity contribution in [2.45, 2.75) is 76.3 Å². The summed E-state index contributed by atoms with van der Waals surface area (Å²) in [5.74, 6) is -0.826. The summed E-state index contributed by atoms with van der Waals surface area (Å²) in [7, 11) is 0. The van der Waals surface area contributed by atoms with Gasteiger partial charge < -0.3 is 15.3 Å². The number of carbonyl (C=O) groups excluding carboxylic acids is 1. The van der Waals surface area contributed by atoms with Gasteiger partial charge in [-0.05, 0) is 39.5 Å². The minimum absolute atomic E-state index is 0.0347. The Hall–Kier alpha value is -1.26. The Morgan fingerprint density at radius 1 is 1.10 bits per heavy atom. The monoisotopic (exact) mass is 282 g/mol. The summed E-state index contributed by atoms with van der Waals surface area (Å²) >= 11 is 0. The van der Waals surface area contributed by atoms with E-state index < -0.39 is 11.5 Å². The normalized spacial score (nSPS) is 24.4. The van der Waals surface area contributed by atoms with E-state index in [1.54, 1.807) is 0 Å². The minimum atomic E-state index is -0.826. The van der Waals surface area contributed by atoms with Gasteiger partial charge in [0.15, 0.2) is 0 Å². The highest BCUT2D eigenvalue weighted by atomic mass is 16.4. The number of rotatable bonds is 3. The third kappa shape index (κ3) is 3.25. The number of nitrogens with one attached hydrogen (secondary N) is 1. The molecule has 2 aliphatic rings. The third-order valence-corrected chi connectivity index (χ3v) is 4.82. The maximum atomic E-state index is 12.5. The molecule has 0 aromatic rings. The lowest BCUT2D eigenvalue weighted by Gasteiger charge is -2.40. The van der Waals surface area contributed by atoms with Crippen LogP contribution in [0, 0.1) is 0 Å². The average Bonchev–Trinajstić information content (AvgIpc) is 2.68. The maximum absolute atomic E-state index is 12.5. The van der Waals surface area contributed by atoms with Crippen LogP contribution in [0.2, 0.25) is 0 Å². The van der Waals surface area contributed by atoms with Crippen LogP contribution in [0.4, 0.5) is 4.79 Å². The number of amides is 2. The lowest BCUT2D eigenvalue weighted by molar-refractivity contribution is -0.139. The molecule has 1 heterocycles. The van der Waals surface area contributed by atoms with Crippen LogP contribution in [0.15, 0.2) is 0 Å². The first-order chi connectivity index (χ1) is 9.35. The molecule has 5 nitrogen and oxygen atoms in total. The summed E-state index contributed by atoms with van der Waals surface area (Å²) in [4.78, 5) is 25.5. The largest absolute Gasteiger partial charge is 0.481 e. The molecule has 0 spiro atoms. The number of likely N-dealkylation sites (tertiary alicyclic amines) is 1. The molecule has 2 N–H and O–H groups in total. The molecule has 0 aromatic carbocycles. The Morgan fingerprint density at radius 3 is 2.25 bits per heavy atom. The van der Waals surface area contributed by atoms with E-state index in [0.717, 1.165) is 51.5 Å².